The lowest BCUT2D eigenvalue weighted by Gasteiger charge is -2.14. The number of ether oxygens (including phenoxy) is 2. The Morgan fingerprint density at radius 3 is 2.52 bits per heavy atom. The molecule has 0 aliphatic carbocycles. The number of nitrogens with one attached hydrogen (secondary N) is 1. The SMILES string of the molecule is COc1cc(C)c(NC(=O)CCc2c(C)nc3c4ccccc4nn3c2C)cc1OC. The normalized spacial score (nSPS) is 11.1. The van der Waals surface area contributed by atoms with Gasteiger partial charge in [-0.05, 0) is 56.5 Å². The Morgan fingerprint density at radius 1 is 1.06 bits per heavy atom. The van der Waals surface area contributed by atoms with E-state index in [2.05, 4.69) is 10.4 Å². The summed E-state index contributed by atoms with van der Waals surface area (Å²) in [5.41, 5.74) is 6.35. The fourth-order valence-electron chi connectivity index (χ4n) is 3.90. The summed E-state index contributed by atoms with van der Waals surface area (Å²) in [6, 6.07) is 11.6. The molecule has 0 bridgehead atoms. The van der Waals surface area contributed by atoms with Crippen molar-refractivity contribution >= 4 is 28.1 Å². The quantitative estimate of drug-likeness (QED) is 0.502. The summed E-state index contributed by atoms with van der Waals surface area (Å²) in [5, 5.41) is 8.70. The van der Waals surface area contributed by atoms with E-state index in [1.807, 2.05) is 55.6 Å². The average Bonchev–Trinajstić information content (AvgIpc) is 3.13. The van der Waals surface area contributed by atoms with Crippen LogP contribution in [-0.4, -0.2) is 34.7 Å². The van der Waals surface area contributed by atoms with Crippen molar-refractivity contribution in [3.8, 4) is 11.5 Å². The Hall–Kier alpha value is -3.61. The molecule has 1 N–H and O–H groups in total. The lowest BCUT2D eigenvalue weighted by Crippen LogP contribution is -2.15. The number of carbonyl (C=O) groups is 1. The first-order chi connectivity index (χ1) is 14.9. The molecule has 0 aliphatic rings. The van der Waals surface area contributed by atoms with Crippen LogP contribution in [0, 0.1) is 20.8 Å². The van der Waals surface area contributed by atoms with E-state index >= 15 is 0 Å². The van der Waals surface area contributed by atoms with Crippen LogP contribution in [0.5, 0.6) is 11.5 Å². The number of fused-ring (bicyclic) bond motifs is 3. The minimum Gasteiger partial charge on any atom is -0.493 e. The molecular formula is C24H26N4O3. The molecule has 0 spiro atoms. The van der Waals surface area contributed by atoms with Gasteiger partial charge in [0.15, 0.2) is 17.1 Å². The predicted octanol–water partition coefficient (Wildman–Crippen LogP) is 4.40. The number of anilines is 1. The second-order valence-electron chi connectivity index (χ2n) is 7.58. The van der Waals surface area contributed by atoms with Crippen LogP contribution in [0.2, 0.25) is 0 Å². The molecule has 0 saturated carbocycles. The topological polar surface area (TPSA) is 77.8 Å². The van der Waals surface area contributed by atoms with Crippen LogP contribution in [0.1, 0.15) is 28.9 Å². The van der Waals surface area contributed by atoms with Crippen molar-refractivity contribution in [1.82, 2.24) is 14.6 Å². The van der Waals surface area contributed by atoms with E-state index in [1.54, 1.807) is 20.3 Å². The molecule has 0 radical (unpaired) electrons. The van der Waals surface area contributed by atoms with Crippen molar-refractivity contribution in [3.63, 3.8) is 0 Å². The largest absolute Gasteiger partial charge is 0.493 e. The smallest absolute Gasteiger partial charge is 0.224 e. The van der Waals surface area contributed by atoms with Gasteiger partial charge in [-0.1, -0.05) is 12.1 Å². The number of benzene rings is 2. The van der Waals surface area contributed by atoms with E-state index in [1.165, 1.54) is 0 Å². The molecule has 4 rings (SSSR count). The third-order valence-electron chi connectivity index (χ3n) is 5.62. The molecule has 160 valence electrons. The minimum absolute atomic E-state index is 0.0696. The molecule has 0 saturated heterocycles. The van der Waals surface area contributed by atoms with Gasteiger partial charge < -0.3 is 14.8 Å². The van der Waals surface area contributed by atoms with Crippen LogP contribution < -0.4 is 14.8 Å². The standard InChI is InChI=1S/C24H26N4O3/c1-14-12-21(30-4)22(31-5)13-20(14)26-23(29)11-10-17-15(2)25-24-18-8-6-7-9-19(18)27-28(24)16(17)3/h6-9,12-13H,10-11H2,1-5H3,(H,26,29). The number of carbonyl (C=O) groups excluding carboxylic acids is 1. The van der Waals surface area contributed by atoms with E-state index in [0.717, 1.165) is 39.1 Å². The third kappa shape index (κ3) is 3.79. The molecule has 31 heavy (non-hydrogen) atoms. The Morgan fingerprint density at radius 2 is 1.77 bits per heavy atom. The van der Waals surface area contributed by atoms with Gasteiger partial charge >= 0.3 is 0 Å². The van der Waals surface area contributed by atoms with Gasteiger partial charge in [0.25, 0.3) is 0 Å². The number of methoxy groups -OCH3 is 2. The van der Waals surface area contributed by atoms with E-state index in [9.17, 15) is 4.79 Å². The summed E-state index contributed by atoms with van der Waals surface area (Å²) in [5.74, 6) is 1.14. The zero-order chi connectivity index (χ0) is 22.1. The molecule has 0 atom stereocenters. The zero-order valence-electron chi connectivity index (χ0n) is 18.4. The minimum atomic E-state index is -0.0696. The zero-order valence-corrected chi connectivity index (χ0v) is 18.4. The highest BCUT2D eigenvalue weighted by Crippen LogP contribution is 2.33. The lowest BCUT2D eigenvalue weighted by molar-refractivity contribution is -0.116. The Labute approximate surface area is 181 Å². The van der Waals surface area contributed by atoms with Gasteiger partial charge in [0.1, 0.15) is 0 Å². The number of rotatable bonds is 6. The van der Waals surface area contributed by atoms with Gasteiger partial charge in [0, 0.05) is 34.9 Å². The van der Waals surface area contributed by atoms with Crippen LogP contribution in [-0.2, 0) is 11.2 Å². The van der Waals surface area contributed by atoms with Gasteiger partial charge in [-0.2, -0.15) is 5.10 Å². The number of amides is 1. The van der Waals surface area contributed by atoms with Gasteiger partial charge in [0.2, 0.25) is 5.91 Å². The summed E-state index contributed by atoms with van der Waals surface area (Å²) in [6.07, 6.45) is 0.915. The van der Waals surface area contributed by atoms with Crippen LogP contribution in [0.15, 0.2) is 36.4 Å². The molecule has 7 nitrogen and oxygen atoms in total. The molecule has 2 aromatic carbocycles. The molecule has 0 aliphatic heterocycles. The second-order valence-corrected chi connectivity index (χ2v) is 7.58. The molecule has 0 fully saturated rings. The monoisotopic (exact) mass is 418 g/mol. The fraction of sp³-hybridized carbons (Fsp3) is 0.292. The van der Waals surface area contributed by atoms with Crippen LogP contribution >= 0.6 is 0 Å². The molecule has 2 aromatic heterocycles. The highest BCUT2D eigenvalue weighted by molar-refractivity contribution is 5.93. The molecular weight excluding hydrogens is 392 g/mol. The first-order valence-corrected chi connectivity index (χ1v) is 10.2. The predicted molar refractivity (Wildman–Crippen MR) is 121 cm³/mol. The first kappa shape index (κ1) is 20.7. The summed E-state index contributed by atoms with van der Waals surface area (Å²) in [6.45, 7) is 5.94. The highest BCUT2D eigenvalue weighted by Gasteiger charge is 2.16. The van der Waals surface area contributed by atoms with E-state index in [4.69, 9.17) is 14.5 Å². The summed E-state index contributed by atoms with van der Waals surface area (Å²) in [4.78, 5) is 17.5. The van der Waals surface area contributed by atoms with Crippen LogP contribution in [0.4, 0.5) is 5.69 Å². The van der Waals surface area contributed by atoms with E-state index in [0.29, 0.717) is 30.0 Å². The number of hydrogen-bond donors (Lipinski definition) is 1. The molecule has 2 heterocycles. The van der Waals surface area contributed by atoms with Crippen molar-refractivity contribution in [3.05, 3.63) is 58.9 Å². The second kappa shape index (κ2) is 8.26. The Balaban J connectivity index is 1.55. The number of aromatic nitrogens is 3. The molecule has 4 aromatic rings. The van der Waals surface area contributed by atoms with Crippen LogP contribution in [0.3, 0.4) is 0 Å². The van der Waals surface area contributed by atoms with E-state index in [-0.39, 0.29) is 5.91 Å². The maximum Gasteiger partial charge on any atom is 0.224 e. The first-order valence-electron chi connectivity index (χ1n) is 10.2. The number of hydrogen-bond acceptors (Lipinski definition) is 5. The average molecular weight is 418 g/mol. The highest BCUT2D eigenvalue weighted by atomic mass is 16.5. The van der Waals surface area contributed by atoms with Gasteiger partial charge in [-0.15, -0.1) is 0 Å². The number of aryl methyl sites for hydroxylation is 3. The fourth-order valence-corrected chi connectivity index (χ4v) is 3.90. The summed E-state index contributed by atoms with van der Waals surface area (Å²) < 4.78 is 12.5. The summed E-state index contributed by atoms with van der Waals surface area (Å²) in [7, 11) is 3.17. The van der Waals surface area contributed by atoms with Crippen molar-refractivity contribution in [2.24, 2.45) is 0 Å². The van der Waals surface area contributed by atoms with Crippen molar-refractivity contribution in [2.75, 3.05) is 19.5 Å². The molecule has 1 amide bonds. The van der Waals surface area contributed by atoms with Crippen molar-refractivity contribution in [1.29, 1.82) is 0 Å². The molecule has 7 heteroatoms. The van der Waals surface area contributed by atoms with Gasteiger partial charge in [-0.25, -0.2) is 9.50 Å². The molecule has 0 unspecified atom stereocenters. The maximum absolute atomic E-state index is 12.7. The summed E-state index contributed by atoms with van der Waals surface area (Å²) >= 11 is 0. The third-order valence-corrected chi connectivity index (χ3v) is 5.62. The van der Waals surface area contributed by atoms with Crippen LogP contribution in [0.25, 0.3) is 16.6 Å². The number of nitrogens with zero attached hydrogens (tertiary/aromatic N) is 3. The Kier molecular flexibility index (Phi) is 5.50. The Bertz CT molecular complexity index is 1290. The lowest BCUT2D eigenvalue weighted by atomic mass is 10.1. The van der Waals surface area contributed by atoms with Crippen molar-refractivity contribution in [2.45, 2.75) is 33.6 Å². The van der Waals surface area contributed by atoms with Gasteiger partial charge in [-0.3, -0.25) is 4.79 Å². The van der Waals surface area contributed by atoms with E-state index < -0.39 is 0 Å². The van der Waals surface area contributed by atoms with Crippen molar-refractivity contribution < 1.29 is 14.3 Å². The maximum atomic E-state index is 12.7. The van der Waals surface area contributed by atoms with Gasteiger partial charge in [0.05, 0.1) is 19.7 Å².